The van der Waals surface area contributed by atoms with E-state index in [1.165, 1.54) is 39.2 Å². The zero-order valence-electron chi connectivity index (χ0n) is 17.7. The average molecular weight is 341 g/mol. The number of allylic oxidation sites excluding steroid dienone is 4. The minimum absolute atomic E-state index is 0.864. The Morgan fingerprint density at radius 3 is 1.96 bits per heavy atom. The van der Waals surface area contributed by atoms with Crippen LogP contribution in [0.25, 0.3) is 0 Å². The Labute approximate surface area is 155 Å². The van der Waals surface area contributed by atoms with Crippen LogP contribution in [-0.2, 0) is 0 Å². The van der Waals surface area contributed by atoms with E-state index in [2.05, 4.69) is 90.1 Å². The molecule has 0 amide bonds. The maximum absolute atomic E-state index is 4.03. The van der Waals surface area contributed by atoms with Gasteiger partial charge in [-0.1, -0.05) is 41.5 Å². The molecular weight excluding hydrogens is 304 g/mol. The third kappa shape index (κ3) is 5.52. The van der Waals surface area contributed by atoms with Crippen LogP contribution in [0.4, 0.5) is 5.69 Å². The van der Waals surface area contributed by atoms with Crippen molar-refractivity contribution in [3.63, 3.8) is 0 Å². The molecule has 1 aromatic rings. The van der Waals surface area contributed by atoms with E-state index in [1.54, 1.807) is 0 Å². The van der Waals surface area contributed by atoms with Crippen molar-refractivity contribution < 1.29 is 0 Å². The molecule has 0 unspecified atom stereocenters. The van der Waals surface area contributed by atoms with Crippen LogP contribution in [-0.4, -0.2) is 25.2 Å². The highest BCUT2D eigenvalue weighted by Gasteiger charge is 2.16. The van der Waals surface area contributed by atoms with Gasteiger partial charge in [-0.3, -0.25) is 0 Å². The number of anilines is 1. The van der Waals surface area contributed by atoms with Crippen molar-refractivity contribution in [2.45, 2.75) is 55.4 Å². The maximum Gasteiger partial charge on any atom is 0.0899 e. The van der Waals surface area contributed by atoms with Crippen LogP contribution in [0.2, 0.25) is 0 Å². The van der Waals surface area contributed by atoms with Crippen LogP contribution in [0, 0.1) is 20.8 Å². The van der Waals surface area contributed by atoms with Gasteiger partial charge < -0.3 is 9.80 Å². The van der Waals surface area contributed by atoms with Gasteiger partial charge in [0.05, 0.1) is 6.67 Å². The van der Waals surface area contributed by atoms with Crippen LogP contribution in [0.1, 0.15) is 51.3 Å². The molecule has 0 aromatic heterocycles. The number of nitrogens with zero attached hydrogens (tertiary/aromatic N) is 2. The molecule has 2 heteroatoms. The third-order valence-corrected chi connectivity index (χ3v) is 4.41. The lowest BCUT2D eigenvalue weighted by Gasteiger charge is -2.35. The van der Waals surface area contributed by atoms with Crippen LogP contribution in [0.15, 0.2) is 47.2 Å². The molecule has 1 rings (SSSR count). The van der Waals surface area contributed by atoms with Crippen LogP contribution in [0.3, 0.4) is 0 Å². The summed E-state index contributed by atoms with van der Waals surface area (Å²) in [7, 11) is 2.19. The summed E-state index contributed by atoms with van der Waals surface area (Å²) in [6.45, 7) is 23.3. The quantitative estimate of drug-likeness (QED) is 0.434. The van der Waals surface area contributed by atoms with Crippen molar-refractivity contribution in [1.29, 1.82) is 0 Å². The summed E-state index contributed by atoms with van der Waals surface area (Å²) in [5.41, 5.74) is 10.4. The third-order valence-electron chi connectivity index (χ3n) is 4.41. The van der Waals surface area contributed by atoms with E-state index in [0.717, 1.165) is 18.8 Å². The molecule has 25 heavy (non-hydrogen) atoms. The zero-order valence-corrected chi connectivity index (χ0v) is 17.7. The summed E-state index contributed by atoms with van der Waals surface area (Å²) in [6.07, 6.45) is 2.17. The molecule has 0 saturated carbocycles. The van der Waals surface area contributed by atoms with Gasteiger partial charge in [0.2, 0.25) is 0 Å². The fourth-order valence-electron chi connectivity index (χ4n) is 3.83. The molecule has 0 fully saturated rings. The molecule has 138 valence electrons. The molecule has 0 bridgehead atoms. The normalized spacial score (nSPS) is 11.3. The molecule has 0 spiro atoms. The second-order valence-electron chi connectivity index (χ2n) is 7.47. The van der Waals surface area contributed by atoms with E-state index in [1.807, 2.05) is 6.92 Å². The Kier molecular flexibility index (Phi) is 7.54. The Morgan fingerprint density at radius 1 is 1.04 bits per heavy atom. The molecule has 0 N–H and O–H groups in total. The first-order valence-electron chi connectivity index (χ1n) is 9.14. The first-order chi connectivity index (χ1) is 11.6. The number of aryl methyl sites for hydroxylation is 3. The van der Waals surface area contributed by atoms with Crippen LogP contribution in [0.5, 0.6) is 0 Å². The molecule has 2 nitrogen and oxygen atoms in total. The summed E-state index contributed by atoms with van der Waals surface area (Å²) in [6, 6.07) is 4.53. The predicted octanol–water partition coefficient (Wildman–Crippen LogP) is 6.14. The first-order valence-corrected chi connectivity index (χ1v) is 9.14. The minimum Gasteiger partial charge on any atom is -0.356 e. The molecular formula is C23H36N2. The molecule has 1 aromatic carbocycles. The lowest BCUT2D eigenvalue weighted by Crippen LogP contribution is -2.36. The molecule has 0 saturated heterocycles. The smallest absolute Gasteiger partial charge is 0.0899 e. The number of hydrogen-bond acceptors (Lipinski definition) is 2. The second-order valence-corrected chi connectivity index (χ2v) is 7.47. The fraction of sp³-hybridized carbons (Fsp3) is 0.478. The summed E-state index contributed by atoms with van der Waals surface area (Å²) in [5, 5.41) is 0. The van der Waals surface area contributed by atoms with Gasteiger partial charge in [-0.15, -0.1) is 0 Å². The van der Waals surface area contributed by atoms with Gasteiger partial charge in [0.25, 0.3) is 0 Å². The Balaban J connectivity index is 3.21. The highest BCUT2D eigenvalue weighted by molar-refractivity contribution is 5.59. The summed E-state index contributed by atoms with van der Waals surface area (Å²) in [5.74, 6) is 0. The van der Waals surface area contributed by atoms with Gasteiger partial charge in [-0.05, 0) is 72.1 Å². The molecule has 0 heterocycles. The van der Waals surface area contributed by atoms with Crippen LogP contribution < -0.4 is 4.90 Å². The van der Waals surface area contributed by atoms with E-state index < -0.39 is 0 Å². The van der Waals surface area contributed by atoms with Crippen LogP contribution >= 0.6 is 0 Å². The number of hydrogen-bond donors (Lipinski definition) is 0. The average Bonchev–Trinajstić information content (AvgIpc) is 2.43. The van der Waals surface area contributed by atoms with Crippen molar-refractivity contribution in [3.8, 4) is 0 Å². The fourth-order valence-corrected chi connectivity index (χ4v) is 3.83. The maximum atomic E-state index is 4.03. The van der Waals surface area contributed by atoms with E-state index in [4.69, 9.17) is 0 Å². The molecule has 0 aliphatic rings. The van der Waals surface area contributed by atoms with Gasteiger partial charge in [0, 0.05) is 25.0 Å². The number of rotatable bonds is 7. The molecule has 0 aliphatic heterocycles. The Morgan fingerprint density at radius 2 is 1.56 bits per heavy atom. The molecule has 0 atom stereocenters. The Hall–Kier alpha value is -1.96. The second kappa shape index (κ2) is 8.94. The highest BCUT2D eigenvalue weighted by atomic mass is 15.3. The number of likely N-dealkylation sites (N-methyl/N-ethyl adjacent to an activating group) is 1. The number of benzene rings is 1. The first kappa shape index (κ1) is 21.1. The van der Waals surface area contributed by atoms with Crippen molar-refractivity contribution in [2.75, 3.05) is 25.2 Å². The van der Waals surface area contributed by atoms with E-state index in [-0.39, 0.29) is 0 Å². The van der Waals surface area contributed by atoms with E-state index >= 15 is 0 Å². The van der Waals surface area contributed by atoms with E-state index in [0.29, 0.717) is 0 Å². The lowest BCUT2D eigenvalue weighted by atomic mass is 10.0. The van der Waals surface area contributed by atoms with Gasteiger partial charge >= 0.3 is 0 Å². The van der Waals surface area contributed by atoms with Crippen molar-refractivity contribution >= 4 is 5.69 Å². The standard InChI is InChI=1S/C23H36N2/c1-11-25(22(17(4)5)19(7)12-16(2)3)15-24(10)23-20(8)13-18(6)14-21(23)9/h12-14H,2,11,15H2,1,3-10H3/b19-12-. The topological polar surface area (TPSA) is 6.48 Å². The van der Waals surface area contributed by atoms with Gasteiger partial charge in [0.15, 0.2) is 0 Å². The van der Waals surface area contributed by atoms with E-state index in [9.17, 15) is 0 Å². The summed E-state index contributed by atoms with van der Waals surface area (Å²) in [4.78, 5) is 4.81. The monoisotopic (exact) mass is 340 g/mol. The van der Waals surface area contributed by atoms with Gasteiger partial charge in [-0.25, -0.2) is 0 Å². The SMILES string of the molecule is C=C(C)/C=C(/C)C(=C(C)C)N(CC)CN(C)c1c(C)cc(C)cc1C. The summed E-state index contributed by atoms with van der Waals surface area (Å²) >= 11 is 0. The Bertz CT molecular complexity index is 665. The largest absolute Gasteiger partial charge is 0.356 e. The van der Waals surface area contributed by atoms with Crippen molar-refractivity contribution in [3.05, 3.63) is 63.9 Å². The van der Waals surface area contributed by atoms with Gasteiger partial charge in [-0.2, -0.15) is 0 Å². The molecule has 0 radical (unpaired) electrons. The predicted molar refractivity (Wildman–Crippen MR) is 113 cm³/mol. The van der Waals surface area contributed by atoms with Crippen molar-refractivity contribution in [1.82, 2.24) is 4.90 Å². The highest BCUT2D eigenvalue weighted by Crippen LogP contribution is 2.27. The lowest BCUT2D eigenvalue weighted by molar-refractivity contribution is 0.367. The van der Waals surface area contributed by atoms with Crippen molar-refractivity contribution in [2.24, 2.45) is 0 Å². The summed E-state index contributed by atoms with van der Waals surface area (Å²) < 4.78 is 0. The zero-order chi connectivity index (χ0) is 19.3. The minimum atomic E-state index is 0.864. The van der Waals surface area contributed by atoms with Gasteiger partial charge in [0.1, 0.15) is 0 Å². The molecule has 0 aliphatic carbocycles.